The molecule has 0 saturated carbocycles. The van der Waals surface area contributed by atoms with Crippen molar-refractivity contribution in [2.45, 2.75) is 25.4 Å². The van der Waals surface area contributed by atoms with Crippen molar-refractivity contribution in [2.24, 2.45) is 0 Å². The average Bonchev–Trinajstić information content (AvgIpc) is 2.92. The minimum absolute atomic E-state index is 0.0167. The zero-order valence-electron chi connectivity index (χ0n) is 10.7. The second-order valence-corrected chi connectivity index (χ2v) is 4.36. The predicted molar refractivity (Wildman–Crippen MR) is 69.4 cm³/mol. The third-order valence-electron chi connectivity index (χ3n) is 2.86. The van der Waals surface area contributed by atoms with Gasteiger partial charge in [-0.1, -0.05) is 11.8 Å². The molecule has 1 saturated heterocycles. The van der Waals surface area contributed by atoms with Gasteiger partial charge in [-0.2, -0.15) is 0 Å². The summed E-state index contributed by atoms with van der Waals surface area (Å²) in [5.74, 6) is 5.44. The van der Waals surface area contributed by atoms with Gasteiger partial charge >= 0.3 is 0 Å². The molecule has 0 amide bonds. The van der Waals surface area contributed by atoms with Crippen LogP contribution in [0.3, 0.4) is 0 Å². The number of hydrogen-bond acceptors (Lipinski definition) is 3. The van der Waals surface area contributed by atoms with Gasteiger partial charge in [0.05, 0.1) is 18.3 Å². The highest BCUT2D eigenvalue weighted by atomic mass is 19.1. The third-order valence-corrected chi connectivity index (χ3v) is 2.86. The summed E-state index contributed by atoms with van der Waals surface area (Å²) in [4.78, 5) is 0. The van der Waals surface area contributed by atoms with E-state index in [1.807, 2.05) is 0 Å². The molecule has 1 aromatic rings. The van der Waals surface area contributed by atoms with Crippen molar-refractivity contribution in [3.8, 4) is 17.6 Å². The van der Waals surface area contributed by atoms with Gasteiger partial charge in [-0.3, -0.25) is 0 Å². The molecule has 1 fully saturated rings. The molecular weight excluding hydrogens is 247 g/mol. The number of aliphatic hydroxyl groups excluding tert-OH is 1. The fourth-order valence-corrected chi connectivity index (χ4v) is 1.87. The first kappa shape index (κ1) is 13.9. The molecular formula is C15H17FO3. The van der Waals surface area contributed by atoms with Crippen LogP contribution in [0.15, 0.2) is 18.2 Å². The first-order chi connectivity index (χ1) is 9.29. The lowest BCUT2D eigenvalue weighted by atomic mass is 10.2. The Morgan fingerprint density at radius 2 is 2.37 bits per heavy atom. The Labute approximate surface area is 112 Å². The second-order valence-electron chi connectivity index (χ2n) is 4.36. The van der Waals surface area contributed by atoms with Gasteiger partial charge in [-0.25, -0.2) is 4.39 Å². The zero-order valence-corrected chi connectivity index (χ0v) is 10.7. The molecule has 2 rings (SSSR count). The van der Waals surface area contributed by atoms with Crippen molar-refractivity contribution in [3.05, 3.63) is 29.6 Å². The Balaban J connectivity index is 1.92. The van der Waals surface area contributed by atoms with Gasteiger partial charge in [0, 0.05) is 19.1 Å². The van der Waals surface area contributed by atoms with Crippen molar-refractivity contribution in [3.63, 3.8) is 0 Å². The van der Waals surface area contributed by atoms with Crippen molar-refractivity contribution in [2.75, 3.05) is 19.8 Å². The molecule has 0 bridgehead atoms. The summed E-state index contributed by atoms with van der Waals surface area (Å²) < 4.78 is 24.6. The molecule has 19 heavy (non-hydrogen) atoms. The van der Waals surface area contributed by atoms with Crippen LogP contribution < -0.4 is 4.74 Å². The Morgan fingerprint density at radius 3 is 3.05 bits per heavy atom. The highest BCUT2D eigenvalue weighted by molar-refractivity contribution is 5.39. The summed E-state index contributed by atoms with van der Waals surface area (Å²) >= 11 is 0. The maximum absolute atomic E-state index is 13.7. The summed E-state index contributed by atoms with van der Waals surface area (Å²) in [5.41, 5.74) is 0.318. The van der Waals surface area contributed by atoms with E-state index in [1.54, 1.807) is 12.1 Å². The predicted octanol–water partition coefficient (Wildman–Crippen LogP) is 2.12. The molecule has 1 aliphatic heterocycles. The standard InChI is InChI=1S/C15H17FO3/c16-15-10-13(19-11-14-5-3-9-18-14)7-6-12(15)4-1-2-8-17/h6-7,10,14,17H,2-3,5,8-9,11H2. The van der Waals surface area contributed by atoms with E-state index >= 15 is 0 Å². The van der Waals surface area contributed by atoms with Gasteiger partial charge in [-0.15, -0.1) is 0 Å². The van der Waals surface area contributed by atoms with Crippen molar-refractivity contribution < 1.29 is 19.0 Å². The van der Waals surface area contributed by atoms with E-state index in [2.05, 4.69) is 11.8 Å². The SMILES string of the molecule is OCCC#Cc1ccc(OCC2CCCO2)cc1F. The minimum Gasteiger partial charge on any atom is -0.491 e. The van der Waals surface area contributed by atoms with Gasteiger partial charge in [0.2, 0.25) is 0 Å². The summed E-state index contributed by atoms with van der Waals surface area (Å²) in [6.45, 7) is 1.22. The number of aliphatic hydroxyl groups is 1. The number of ether oxygens (including phenoxy) is 2. The molecule has 0 spiro atoms. The van der Waals surface area contributed by atoms with E-state index in [4.69, 9.17) is 14.6 Å². The Bertz CT molecular complexity index is 470. The lowest BCUT2D eigenvalue weighted by Gasteiger charge is -2.11. The Morgan fingerprint density at radius 1 is 1.47 bits per heavy atom. The molecule has 1 heterocycles. The average molecular weight is 264 g/mol. The maximum atomic E-state index is 13.7. The summed E-state index contributed by atoms with van der Waals surface area (Å²) in [6.07, 6.45) is 2.51. The van der Waals surface area contributed by atoms with Gasteiger partial charge in [-0.05, 0) is 25.0 Å². The monoisotopic (exact) mass is 264 g/mol. The van der Waals surface area contributed by atoms with Gasteiger partial charge in [0.15, 0.2) is 0 Å². The van der Waals surface area contributed by atoms with Crippen LogP contribution in [0.25, 0.3) is 0 Å². The van der Waals surface area contributed by atoms with Gasteiger partial charge < -0.3 is 14.6 Å². The summed E-state index contributed by atoms with van der Waals surface area (Å²) in [5, 5.41) is 8.60. The first-order valence-corrected chi connectivity index (χ1v) is 6.43. The largest absolute Gasteiger partial charge is 0.491 e. The molecule has 0 radical (unpaired) electrons. The van der Waals surface area contributed by atoms with E-state index in [1.165, 1.54) is 6.07 Å². The fourth-order valence-electron chi connectivity index (χ4n) is 1.87. The van der Waals surface area contributed by atoms with Crippen LogP contribution in [0.1, 0.15) is 24.8 Å². The minimum atomic E-state index is -0.407. The summed E-state index contributed by atoms with van der Waals surface area (Å²) in [7, 11) is 0. The van der Waals surface area contributed by atoms with E-state index < -0.39 is 5.82 Å². The van der Waals surface area contributed by atoms with E-state index in [0.29, 0.717) is 24.3 Å². The smallest absolute Gasteiger partial charge is 0.142 e. The quantitative estimate of drug-likeness (QED) is 0.847. The highest BCUT2D eigenvalue weighted by Crippen LogP contribution is 2.18. The van der Waals surface area contributed by atoms with Crippen molar-refractivity contribution >= 4 is 0 Å². The van der Waals surface area contributed by atoms with Crippen molar-refractivity contribution in [1.82, 2.24) is 0 Å². The van der Waals surface area contributed by atoms with Crippen LogP contribution in [0.5, 0.6) is 5.75 Å². The first-order valence-electron chi connectivity index (χ1n) is 6.43. The number of halogens is 1. The molecule has 1 unspecified atom stereocenters. The lowest BCUT2D eigenvalue weighted by molar-refractivity contribution is 0.0678. The van der Waals surface area contributed by atoms with Crippen LogP contribution >= 0.6 is 0 Å². The van der Waals surface area contributed by atoms with Crippen LogP contribution in [0.4, 0.5) is 4.39 Å². The Kier molecular flexibility index (Phi) is 5.20. The maximum Gasteiger partial charge on any atom is 0.142 e. The molecule has 4 heteroatoms. The molecule has 1 aromatic carbocycles. The molecule has 3 nitrogen and oxygen atoms in total. The topological polar surface area (TPSA) is 38.7 Å². The molecule has 0 aromatic heterocycles. The van der Waals surface area contributed by atoms with Gasteiger partial charge in [0.1, 0.15) is 18.2 Å². The van der Waals surface area contributed by atoms with E-state index in [0.717, 1.165) is 19.4 Å². The second kappa shape index (κ2) is 7.13. The van der Waals surface area contributed by atoms with Crippen LogP contribution in [-0.2, 0) is 4.74 Å². The van der Waals surface area contributed by atoms with E-state index in [9.17, 15) is 4.39 Å². The third kappa shape index (κ3) is 4.23. The molecule has 1 atom stereocenters. The van der Waals surface area contributed by atoms with E-state index in [-0.39, 0.29) is 12.7 Å². The zero-order chi connectivity index (χ0) is 13.5. The Hall–Kier alpha value is -1.57. The molecule has 102 valence electrons. The fraction of sp³-hybridized carbons (Fsp3) is 0.467. The van der Waals surface area contributed by atoms with Gasteiger partial charge in [0.25, 0.3) is 0 Å². The normalized spacial score (nSPS) is 17.9. The molecule has 0 aliphatic carbocycles. The number of hydrogen-bond donors (Lipinski definition) is 1. The van der Waals surface area contributed by atoms with Crippen LogP contribution in [0, 0.1) is 17.7 Å². The van der Waals surface area contributed by atoms with Crippen molar-refractivity contribution in [1.29, 1.82) is 0 Å². The van der Waals surface area contributed by atoms with Crippen LogP contribution in [0.2, 0.25) is 0 Å². The summed E-state index contributed by atoms with van der Waals surface area (Å²) in [6, 6.07) is 4.61. The molecule has 1 N–H and O–H groups in total. The lowest BCUT2D eigenvalue weighted by Crippen LogP contribution is -2.16. The number of benzene rings is 1. The highest BCUT2D eigenvalue weighted by Gasteiger charge is 2.16. The molecule has 1 aliphatic rings. The van der Waals surface area contributed by atoms with Crippen LogP contribution in [-0.4, -0.2) is 31.0 Å². The number of rotatable bonds is 4.